The van der Waals surface area contributed by atoms with Crippen LogP contribution in [0.25, 0.3) is 11.1 Å². The second-order valence-corrected chi connectivity index (χ2v) is 8.77. The molecule has 4 nitrogen and oxygen atoms in total. The molecule has 0 N–H and O–H groups in total. The van der Waals surface area contributed by atoms with Crippen molar-refractivity contribution >= 4 is 5.97 Å². The number of carbonyl (C=O) groups excluding carboxylic acids is 1. The molecular weight excluding hydrogens is 350 g/mol. The van der Waals surface area contributed by atoms with Gasteiger partial charge in [0.15, 0.2) is 0 Å². The fraction of sp³-hybridized carbons (Fsp3) is 0.458. The lowest BCUT2D eigenvalue weighted by Gasteiger charge is -2.52. The number of piperidine rings is 1. The number of esters is 1. The van der Waals surface area contributed by atoms with Gasteiger partial charge in [0.25, 0.3) is 0 Å². The summed E-state index contributed by atoms with van der Waals surface area (Å²) in [6.45, 7) is 8.67. The first-order chi connectivity index (χ1) is 13.2. The molecule has 1 heterocycles. The van der Waals surface area contributed by atoms with Crippen LogP contribution < -0.4 is 0 Å². The molecule has 1 atom stereocenters. The van der Waals surface area contributed by atoms with Crippen molar-refractivity contribution < 1.29 is 14.4 Å². The Hall–Kier alpha value is -2.17. The summed E-state index contributed by atoms with van der Waals surface area (Å²) >= 11 is 0. The van der Waals surface area contributed by atoms with E-state index in [1.54, 1.807) is 0 Å². The molecule has 0 aromatic heterocycles. The largest absolute Gasteiger partial charge is 0.467 e. The van der Waals surface area contributed by atoms with Gasteiger partial charge in [-0.3, -0.25) is 4.84 Å². The molecule has 0 bridgehead atoms. The van der Waals surface area contributed by atoms with E-state index in [-0.39, 0.29) is 17.0 Å². The first kappa shape index (κ1) is 20.6. The molecule has 0 aliphatic carbocycles. The van der Waals surface area contributed by atoms with Crippen LogP contribution in [0.15, 0.2) is 54.6 Å². The van der Waals surface area contributed by atoms with Crippen LogP contribution in [0.1, 0.15) is 58.6 Å². The molecule has 150 valence electrons. The van der Waals surface area contributed by atoms with Crippen LogP contribution in [0.3, 0.4) is 0 Å². The Morgan fingerprint density at radius 1 is 0.893 bits per heavy atom. The van der Waals surface area contributed by atoms with Gasteiger partial charge in [0, 0.05) is 11.1 Å². The first-order valence-corrected chi connectivity index (χ1v) is 9.95. The second kappa shape index (κ2) is 8.06. The summed E-state index contributed by atoms with van der Waals surface area (Å²) in [6, 6.07) is 18.1. The van der Waals surface area contributed by atoms with E-state index in [0.29, 0.717) is 0 Å². The molecule has 0 saturated carbocycles. The molecule has 0 spiro atoms. The summed E-state index contributed by atoms with van der Waals surface area (Å²) in [5.41, 5.74) is 2.73. The van der Waals surface area contributed by atoms with Crippen molar-refractivity contribution in [3.05, 3.63) is 60.2 Å². The van der Waals surface area contributed by atoms with Crippen molar-refractivity contribution in [2.24, 2.45) is 0 Å². The highest BCUT2D eigenvalue weighted by molar-refractivity contribution is 5.77. The minimum Gasteiger partial charge on any atom is -0.467 e. The van der Waals surface area contributed by atoms with Gasteiger partial charge in [-0.25, -0.2) is 4.79 Å². The molecule has 0 radical (unpaired) electrons. The molecule has 2 aromatic rings. The van der Waals surface area contributed by atoms with E-state index in [1.165, 1.54) is 7.11 Å². The number of ether oxygens (including phenoxy) is 1. The van der Waals surface area contributed by atoms with Gasteiger partial charge >= 0.3 is 5.97 Å². The van der Waals surface area contributed by atoms with Gasteiger partial charge in [-0.15, -0.1) is 0 Å². The zero-order valence-corrected chi connectivity index (χ0v) is 17.6. The van der Waals surface area contributed by atoms with Crippen LogP contribution in [0.5, 0.6) is 0 Å². The van der Waals surface area contributed by atoms with Crippen LogP contribution in [0.2, 0.25) is 0 Å². The standard InChI is InChI=1S/C24H31NO3/c1-23(2)16-9-17-24(3,4)25(23)28-21(22(26)27-5)20-14-12-19(13-15-20)18-10-7-6-8-11-18/h6-8,10-15,21H,9,16-17H2,1-5H3. The van der Waals surface area contributed by atoms with Gasteiger partial charge in [0.05, 0.1) is 7.11 Å². The Labute approximate surface area is 168 Å². The highest BCUT2D eigenvalue weighted by Gasteiger charge is 2.45. The predicted molar refractivity (Wildman–Crippen MR) is 112 cm³/mol. The molecule has 1 unspecified atom stereocenters. The molecule has 2 aromatic carbocycles. The quantitative estimate of drug-likeness (QED) is 0.637. The van der Waals surface area contributed by atoms with Gasteiger partial charge in [0.2, 0.25) is 6.10 Å². The van der Waals surface area contributed by atoms with Gasteiger partial charge in [0.1, 0.15) is 0 Å². The number of benzene rings is 2. The third kappa shape index (κ3) is 4.29. The predicted octanol–water partition coefficient (Wildman–Crippen LogP) is 5.54. The third-order valence-electron chi connectivity index (χ3n) is 5.62. The maximum absolute atomic E-state index is 12.6. The van der Waals surface area contributed by atoms with Crippen molar-refractivity contribution in [2.75, 3.05) is 7.11 Å². The summed E-state index contributed by atoms with van der Waals surface area (Å²) in [6.07, 6.45) is 2.41. The minimum atomic E-state index is -0.786. The molecule has 1 aliphatic rings. The van der Waals surface area contributed by atoms with Crippen LogP contribution >= 0.6 is 0 Å². The molecule has 28 heavy (non-hydrogen) atoms. The number of rotatable bonds is 5. The lowest BCUT2D eigenvalue weighted by Crippen LogP contribution is -2.58. The number of hydroxylamine groups is 2. The summed E-state index contributed by atoms with van der Waals surface area (Å²) in [7, 11) is 1.41. The average Bonchev–Trinajstić information content (AvgIpc) is 2.67. The maximum atomic E-state index is 12.6. The van der Waals surface area contributed by atoms with Crippen LogP contribution in [-0.2, 0) is 14.4 Å². The zero-order valence-electron chi connectivity index (χ0n) is 17.6. The smallest absolute Gasteiger partial charge is 0.341 e. The summed E-state index contributed by atoms with van der Waals surface area (Å²) in [5.74, 6) is -0.385. The van der Waals surface area contributed by atoms with Gasteiger partial charge in [-0.05, 0) is 63.6 Å². The van der Waals surface area contributed by atoms with Crippen LogP contribution in [-0.4, -0.2) is 29.2 Å². The van der Waals surface area contributed by atoms with E-state index in [4.69, 9.17) is 9.57 Å². The van der Waals surface area contributed by atoms with E-state index in [9.17, 15) is 4.79 Å². The molecule has 3 rings (SSSR count). The SMILES string of the molecule is COC(=O)C(ON1C(C)(C)CCCC1(C)C)c1ccc(-c2ccccc2)cc1. The Kier molecular flexibility index (Phi) is 5.92. The lowest BCUT2D eigenvalue weighted by atomic mass is 9.82. The van der Waals surface area contributed by atoms with Crippen molar-refractivity contribution in [1.82, 2.24) is 5.06 Å². The second-order valence-electron chi connectivity index (χ2n) is 8.77. The van der Waals surface area contributed by atoms with Crippen LogP contribution in [0.4, 0.5) is 0 Å². The fourth-order valence-electron chi connectivity index (χ4n) is 4.19. The van der Waals surface area contributed by atoms with E-state index in [2.05, 4.69) is 39.8 Å². The van der Waals surface area contributed by atoms with Crippen molar-refractivity contribution in [2.45, 2.75) is 64.1 Å². The topological polar surface area (TPSA) is 38.8 Å². The molecule has 1 saturated heterocycles. The van der Waals surface area contributed by atoms with E-state index in [1.807, 2.05) is 47.5 Å². The zero-order chi connectivity index (χ0) is 20.4. The molecular formula is C24H31NO3. The highest BCUT2D eigenvalue weighted by atomic mass is 16.7. The normalized spacial score (nSPS) is 19.8. The van der Waals surface area contributed by atoms with E-state index >= 15 is 0 Å². The van der Waals surface area contributed by atoms with Gasteiger partial charge in [-0.1, -0.05) is 54.6 Å². The van der Waals surface area contributed by atoms with Crippen molar-refractivity contribution in [3.63, 3.8) is 0 Å². The van der Waals surface area contributed by atoms with Gasteiger partial charge in [-0.2, -0.15) is 5.06 Å². The van der Waals surface area contributed by atoms with E-state index < -0.39 is 6.10 Å². The maximum Gasteiger partial charge on any atom is 0.341 e. The monoisotopic (exact) mass is 381 g/mol. The summed E-state index contributed by atoms with van der Waals surface area (Å²) < 4.78 is 5.07. The van der Waals surface area contributed by atoms with E-state index in [0.717, 1.165) is 36.0 Å². The molecule has 0 amide bonds. The van der Waals surface area contributed by atoms with Crippen LogP contribution in [0, 0.1) is 0 Å². The molecule has 1 aliphatic heterocycles. The number of hydrogen-bond donors (Lipinski definition) is 0. The first-order valence-electron chi connectivity index (χ1n) is 9.95. The molecule has 1 fully saturated rings. The summed E-state index contributed by atoms with van der Waals surface area (Å²) in [5, 5.41) is 2.01. The number of hydrogen-bond acceptors (Lipinski definition) is 4. The number of methoxy groups -OCH3 is 1. The molecule has 4 heteroatoms. The van der Waals surface area contributed by atoms with Crippen molar-refractivity contribution in [1.29, 1.82) is 0 Å². The number of carbonyl (C=O) groups is 1. The highest BCUT2D eigenvalue weighted by Crippen LogP contribution is 2.40. The average molecular weight is 382 g/mol. The Bertz CT molecular complexity index is 780. The minimum absolute atomic E-state index is 0.155. The third-order valence-corrected chi connectivity index (χ3v) is 5.62. The Morgan fingerprint density at radius 3 is 1.96 bits per heavy atom. The fourth-order valence-corrected chi connectivity index (χ4v) is 4.19. The Balaban J connectivity index is 1.89. The summed E-state index contributed by atoms with van der Waals surface area (Å²) in [4.78, 5) is 19.0. The lowest BCUT2D eigenvalue weighted by molar-refractivity contribution is -0.304. The number of nitrogens with zero attached hydrogens (tertiary/aromatic N) is 1. The van der Waals surface area contributed by atoms with Gasteiger partial charge < -0.3 is 4.74 Å². The van der Waals surface area contributed by atoms with Crippen molar-refractivity contribution in [3.8, 4) is 11.1 Å². The Morgan fingerprint density at radius 2 is 1.43 bits per heavy atom.